The second-order valence-electron chi connectivity index (χ2n) is 3.89. The summed E-state index contributed by atoms with van der Waals surface area (Å²) in [5.74, 6) is 0.717. The van der Waals surface area contributed by atoms with E-state index in [0.29, 0.717) is 5.02 Å². The molecule has 0 aliphatic carbocycles. The maximum Gasteiger partial charge on any atom is 0.159 e. The Balaban J connectivity index is 1.98. The molecule has 1 N–H and O–H groups in total. The van der Waals surface area contributed by atoms with Crippen molar-refractivity contribution in [3.05, 3.63) is 21.8 Å². The van der Waals surface area contributed by atoms with Gasteiger partial charge in [-0.2, -0.15) is 0 Å². The largest absolute Gasteiger partial charge is 0.304 e. The molecule has 4 nitrogen and oxygen atoms in total. The average molecular weight is 306 g/mol. The Morgan fingerprint density at radius 2 is 2.06 bits per heavy atom. The van der Waals surface area contributed by atoms with E-state index in [2.05, 4.69) is 43.3 Å². The van der Waals surface area contributed by atoms with E-state index in [9.17, 15) is 0 Å². The maximum atomic E-state index is 6.09. The standard InChI is InChI=1S/C10H14BrClN4/c1-15-2-4-16(5-3-15)14-10-9(12)6-8(11)7-13-10/h6-7H,2-5H2,1H3,(H,13,14). The maximum absolute atomic E-state index is 6.09. The van der Waals surface area contributed by atoms with E-state index >= 15 is 0 Å². The number of halogens is 2. The molecule has 0 amide bonds. The summed E-state index contributed by atoms with van der Waals surface area (Å²) >= 11 is 9.42. The first-order chi connectivity index (χ1) is 7.65. The van der Waals surface area contributed by atoms with Crippen LogP contribution in [0.5, 0.6) is 0 Å². The van der Waals surface area contributed by atoms with E-state index in [4.69, 9.17) is 11.6 Å². The summed E-state index contributed by atoms with van der Waals surface area (Å²) in [6.45, 7) is 4.07. The van der Waals surface area contributed by atoms with Gasteiger partial charge in [-0.3, -0.25) is 0 Å². The first kappa shape index (κ1) is 12.1. The van der Waals surface area contributed by atoms with E-state index < -0.39 is 0 Å². The first-order valence-corrected chi connectivity index (χ1v) is 6.33. The zero-order valence-corrected chi connectivity index (χ0v) is 11.4. The van der Waals surface area contributed by atoms with Gasteiger partial charge in [-0.1, -0.05) is 11.6 Å². The molecule has 0 radical (unpaired) electrons. The van der Waals surface area contributed by atoms with E-state index in [1.54, 1.807) is 6.20 Å². The van der Waals surface area contributed by atoms with Crippen LogP contribution in [-0.4, -0.2) is 48.1 Å². The van der Waals surface area contributed by atoms with Crippen molar-refractivity contribution in [2.24, 2.45) is 0 Å². The highest BCUT2D eigenvalue weighted by molar-refractivity contribution is 9.10. The number of hydrazine groups is 1. The van der Waals surface area contributed by atoms with Crippen LogP contribution in [0.25, 0.3) is 0 Å². The summed E-state index contributed by atoms with van der Waals surface area (Å²) in [7, 11) is 2.13. The third-order valence-electron chi connectivity index (χ3n) is 2.58. The van der Waals surface area contributed by atoms with E-state index in [0.717, 1.165) is 36.5 Å². The minimum absolute atomic E-state index is 0.633. The molecule has 1 aromatic heterocycles. The van der Waals surface area contributed by atoms with Gasteiger partial charge in [0, 0.05) is 36.8 Å². The molecule has 0 bridgehead atoms. The van der Waals surface area contributed by atoms with Gasteiger partial charge in [-0.15, -0.1) is 0 Å². The van der Waals surface area contributed by atoms with E-state index in [-0.39, 0.29) is 0 Å². The number of nitrogens with zero attached hydrogens (tertiary/aromatic N) is 3. The Labute approximate surface area is 109 Å². The van der Waals surface area contributed by atoms with Crippen LogP contribution in [0.1, 0.15) is 0 Å². The van der Waals surface area contributed by atoms with Gasteiger partial charge in [0.25, 0.3) is 0 Å². The fourth-order valence-electron chi connectivity index (χ4n) is 1.56. The molecule has 0 unspecified atom stereocenters. The second kappa shape index (κ2) is 5.31. The lowest BCUT2D eigenvalue weighted by Gasteiger charge is -2.32. The number of hydrogen-bond acceptors (Lipinski definition) is 4. The third-order valence-corrected chi connectivity index (χ3v) is 3.30. The van der Waals surface area contributed by atoms with Crippen molar-refractivity contribution >= 4 is 33.3 Å². The summed E-state index contributed by atoms with van der Waals surface area (Å²) in [5, 5.41) is 2.77. The number of nitrogens with one attached hydrogen (secondary N) is 1. The van der Waals surface area contributed by atoms with Gasteiger partial charge in [0.05, 0.1) is 5.02 Å². The second-order valence-corrected chi connectivity index (χ2v) is 5.21. The number of hydrogen-bond donors (Lipinski definition) is 1. The van der Waals surface area contributed by atoms with Gasteiger partial charge >= 0.3 is 0 Å². The van der Waals surface area contributed by atoms with Crippen LogP contribution in [0.2, 0.25) is 5.02 Å². The van der Waals surface area contributed by atoms with Crippen molar-refractivity contribution in [1.82, 2.24) is 14.9 Å². The van der Waals surface area contributed by atoms with E-state index in [1.807, 2.05) is 6.07 Å². The lowest BCUT2D eigenvalue weighted by atomic mass is 10.4. The fraction of sp³-hybridized carbons (Fsp3) is 0.500. The van der Waals surface area contributed by atoms with Gasteiger partial charge in [0.15, 0.2) is 5.82 Å². The molecule has 0 saturated carbocycles. The molecule has 1 aliphatic rings. The monoisotopic (exact) mass is 304 g/mol. The van der Waals surface area contributed by atoms with E-state index in [1.165, 1.54) is 0 Å². The number of likely N-dealkylation sites (N-methyl/N-ethyl adjacent to an activating group) is 1. The summed E-state index contributed by atoms with van der Waals surface area (Å²) in [6.07, 6.45) is 1.74. The van der Waals surface area contributed by atoms with Gasteiger partial charge in [0.1, 0.15) is 0 Å². The predicted octanol–water partition coefficient (Wildman–Crippen LogP) is 2.07. The zero-order chi connectivity index (χ0) is 11.5. The van der Waals surface area contributed by atoms with Crippen LogP contribution >= 0.6 is 27.5 Å². The van der Waals surface area contributed by atoms with Gasteiger partial charge in [-0.05, 0) is 29.0 Å². The molecule has 0 atom stereocenters. The zero-order valence-electron chi connectivity index (χ0n) is 9.08. The lowest BCUT2D eigenvalue weighted by molar-refractivity contribution is 0.178. The van der Waals surface area contributed by atoms with Crippen molar-refractivity contribution in [2.75, 3.05) is 38.7 Å². The highest BCUT2D eigenvalue weighted by Gasteiger charge is 2.14. The Kier molecular flexibility index (Phi) is 4.02. The number of pyridine rings is 1. The highest BCUT2D eigenvalue weighted by atomic mass is 79.9. The van der Waals surface area contributed by atoms with Crippen LogP contribution in [0.3, 0.4) is 0 Å². The summed E-state index contributed by atoms with van der Waals surface area (Å²) < 4.78 is 0.890. The van der Waals surface area contributed by atoms with Gasteiger partial charge < -0.3 is 10.3 Å². The fourth-order valence-corrected chi connectivity index (χ4v) is 2.24. The van der Waals surface area contributed by atoms with Crippen LogP contribution in [0.15, 0.2) is 16.7 Å². The SMILES string of the molecule is CN1CCN(Nc2ncc(Br)cc2Cl)CC1. The number of anilines is 1. The predicted molar refractivity (Wildman–Crippen MR) is 69.6 cm³/mol. The molecule has 2 heterocycles. The molecule has 0 aromatic carbocycles. The average Bonchev–Trinajstić information content (AvgIpc) is 2.25. The number of aromatic nitrogens is 1. The summed E-state index contributed by atoms with van der Waals surface area (Å²) in [6, 6.07) is 1.84. The molecule has 88 valence electrons. The van der Waals surface area contributed by atoms with Crippen molar-refractivity contribution < 1.29 is 0 Å². The molecule has 2 rings (SSSR count). The molecule has 16 heavy (non-hydrogen) atoms. The van der Waals surface area contributed by atoms with Crippen LogP contribution in [-0.2, 0) is 0 Å². The Morgan fingerprint density at radius 3 is 2.69 bits per heavy atom. The van der Waals surface area contributed by atoms with Crippen molar-refractivity contribution in [2.45, 2.75) is 0 Å². The van der Waals surface area contributed by atoms with Crippen molar-refractivity contribution in [1.29, 1.82) is 0 Å². The van der Waals surface area contributed by atoms with Crippen LogP contribution in [0.4, 0.5) is 5.82 Å². The van der Waals surface area contributed by atoms with Crippen molar-refractivity contribution in [3.8, 4) is 0 Å². The third kappa shape index (κ3) is 3.07. The lowest BCUT2D eigenvalue weighted by Crippen LogP contribution is -2.47. The highest BCUT2D eigenvalue weighted by Crippen LogP contribution is 2.23. The molecule has 1 aromatic rings. The number of piperazine rings is 1. The molecule has 1 saturated heterocycles. The molecular weight excluding hydrogens is 291 g/mol. The smallest absolute Gasteiger partial charge is 0.159 e. The summed E-state index contributed by atoms with van der Waals surface area (Å²) in [4.78, 5) is 6.55. The minimum Gasteiger partial charge on any atom is -0.304 e. The van der Waals surface area contributed by atoms with Crippen molar-refractivity contribution in [3.63, 3.8) is 0 Å². The molecule has 0 spiro atoms. The minimum atomic E-state index is 0.633. The van der Waals surface area contributed by atoms with Gasteiger partial charge in [0.2, 0.25) is 0 Å². The normalized spacial score (nSPS) is 18.7. The topological polar surface area (TPSA) is 31.4 Å². The Morgan fingerprint density at radius 1 is 1.38 bits per heavy atom. The number of rotatable bonds is 2. The van der Waals surface area contributed by atoms with Gasteiger partial charge in [-0.25, -0.2) is 9.99 Å². The molecule has 1 fully saturated rings. The van der Waals surface area contributed by atoms with Crippen LogP contribution < -0.4 is 5.43 Å². The molecule has 6 heteroatoms. The summed E-state index contributed by atoms with van der Waals surface area (Å²) in [5.41, 5.74) is 3.24. The molecular formula is C10H14BrClN4. The quantitative estimate of drug-likeness (QED) is 0.906. The first-order valence-electron chi connectivity index (χ1n) is 5.16. The Bertz CT molecular complexity index is 366. The Hall–Kier alpha value is -0.360. The van der Waals surface area contributed by atoms with Crippen LogP contribution in [0, 0.1) is 0 Å². The molecule has 1 aliphatic heterocycles.